The van der Waals surface area contributed by atoms with Gasteiger partial charge in [0.25, 0.3) is 0 Å². The topological polar surface area (TPSA) is 293 Å². The molecule has 8 rings (SSSR count). The van der Waals surface area contributed by atoms with Crippen LogP contribution in [0.25, 0.3) is 0 Å². The third kappa shape index (κ3) is 21.3. The van der Waals surface area contributed by atoms with E-state index in [-0.39, 0.29) is 139 Å². The number of hydrogen-bond acceptors (Lipinski definition) is 18. The molecule has 0 aromatic heterocycles. The summed E-state index contributed by atoms with van der Waals surface area (Å²) in [5, 5.41) is 24.3. The summed E-state index contributed by atoms with van der Waals surface area (Å²) in [7, 11) is -7.63. The maximum atomic E-state index is 13.0. The van der Waals surface area contributed by atoms with Crippen molar-refractivity contribution in [3.05, 3.63) is 119 Å². The molecule has 6 N–H and O–H groups in total. The summed E-state index contributed by atoms with van der Waals surface area (Å²) >= 11 is 0. The molecule has 2 saturated heterocycles. The normalized spacial score (nSPS) is 18.9. The zero-order chi connectivity index (χ0) is 62.1. The highest BCUT2D eigenvalue weighted by atomic mass is 32.2. The highest BCUT2D eigenvalue weighted by molar-refractivity contribution is 7.89. The second kappa shape index (κ2) is 34.7. The number of likely N-dealkylation sites (tertiary alicyclic amines) is 2. The van der Waals surface area contributed by atoms with Gasteiger partial charge in [0, 0.05) is 39.3 Å². The summed E-state index contributed by atoms with van der Waals surface area (Å²) < 4.78 is 92.5. The van der Waals surface area contributed by atoms with Crippen molar-refractivity contribution in [1.29, 1.82) is 0 Å². The van der Waals surface area contributed by atoms with E-state index in [1.54, 1.807) is 24.3 Å². The number of amides is 2. The number of carboxylic acid groups (broad SMARTS) is 2. The number of fused-ring (bicyclic) bond motifs is 2. The third-order valence-electron chi connectivity index (χ3n) is 15.9. The fraction of sp³-hybridized carbons (Fsp3) is 0.548. The quantitative estimate of drug-likeness (QED) is 0.0350. The molecule has 2 aliphatic heterocycles. The van der Waals surface area contributed by atoms with E-state index in [1.807, 2.05) is 12.1 Å². The van der Waals surface area contributed by atoms with Gasteiger partial charge >= 0.3 is 11.9 Å². The molecule has 4 aromatic carbocycles. The van der Waals surface area contributed by atoms with Crippen LogP contribution in [0, 0.1) is 0 Å². The van der Waals surface area contributed by atoms with Gasteiger partial charge in [-0.1, -0.05) is 61.4 Å². The van der Waals surface area contributed by atoms with Crippen LogP contribution in [-0.4, -0.2) is 227 Å². The summed E-state index contributed by atoms with van der Waals surface area (Å²) in [5.74, 6) is -2.20. The zero-order valence-corrected chi connectivity index (χ0v) is 51.6. The minimum absolute atomic E-state index is 0.0288. The van der Waals surface area contributed by atoms with E-state index in [2.05, 4.69) is 66.3 Å². The Kier molecular flexibility index (Phi) is 26.7. The Bertz CT molecular complexity index is 2870. The van der Waals surface area contributed by atoms with Crippen LogP contribution < -0.4 is 29.6 Å². The van der Waals surface area contributed by atoms with E-state index in [0.29, 0.717) is 11.5 Å². The molecule has 0 spiro atoms. The minimum Gasteiger partial charge on any atom is -0.484 e. The average molecular weight is 1260 g/mol. The van der Waals surface area contributed by atoms with Crippen LogP contribution in [0.2, 0.25) is 0 Å². The second-order valence-corrected chi connectivity index (χ2v) is 25.8. The first-order valence-electron chi connectivity index (χ1n) is 30.5. The standard InChI is InChI=1S/C62H86N8O16S2/c71-57(63-23-33-81-37-39-83-35-25-65-87(77,78)51-19-15-49(16-20-51)85-61-53-13-5-3-11-47(53)41-55(61)69-27-7-1-8-28-69)43-67(45-59(73)74)31-32-68(46-60(75)76)44-58(72)64-24-34-82-38-40-84-36-26-66-88(79,80)52-21-17-50(18-22-52)86-62-54-14-6-4-12-48(54)42-56(62)70-29-9-2-10-30-70/h3-6,11-22,55-56,61-62,65-66H,1-2,7-10,23-46H2,(H,63,71)(H,64,72)(H,73,74)(H,75,76)/t55-,56-,61-,62-/m0/s1. The molecule has 2 amide bonds. The maximum Gasteiger partial charge on any atom is 0.317 e. The molecule has 0 saturated carbocycles. The molecule has 26 heteroatoms. The fourth-order valence-electron chi connectivity index (χ4n) is 11.6. The van der Waals surface area contributed by atoms with Gasteiger partial charge < -0.3 is 49.3 Å². The van der Waals surface area contributed by atoms with E-state index in [4.69, 9.17) is 28.4 Å². The lowest BCUT2D eigenvalue weighted by molar-refractivity contribution is -0.141. The number of ether oxygens (including phenoxy) is 6. The Morgan fingerprint density at radius 1 is 0.455 bits per heavy atom. The van der Waals surface area contributed by atoms with Gasteiger partial charge in [0.2, 0.25) is 31.9 Å². The number of nitrogens with one attached hydrogen (secondary N) is 4. The van der Waals surface area contributed by atoms with Gasteiger partial charge in [0.1, 0.15) is 23.7 Å². The second-order valence-electron chi connectivity index (χ2n) is 22.3. The highest BCUT2D eigenvalue weighted by Gasteiger charge is 2.40. The number of piperidine rings is 2. The summed E-state index contributed by atoms with van der Waals surface area (Å²) in [5.41, 5.74) is 4.91. The van der Waals surface area contributed by atoms with Crippen molar-refractivity contribution in [2.45, 2.75) is 85.4 Å². The molecule has 0 radical (unpaired) electrons. The van der Waals surface area contributed by atoms with E-state index < -0.39 is 56.9 Å². The first-order valence-corrected chi connectivity index (χ1v) is 33.5. The van der Waals surface area contributed by atoms with E-state index in [0.717, 1.165) is 39.0 Å². The van der Waals surface area contributed by atoms with Gasteiger partial charge in [0.05, 0.1) is 101 Å². The lowest BCUT2D eigenvalue weighted by Crippen LogP contribution is -2.47. The van der Waals surface area contributed by atoms with Crippen LogP contribution in [0.15, 0.2) is 107 Å². The summed E-state index contributed by atoms with van der Waals surface area (Å²) in [6, 6.07) is 30.0. The number of carbonyl (C=O) groups is 4. The monoisotopic (exact) mass is 1260 g/mol. The molecular weight excluding hydrogens is 1180 g/mol. The molecule has 4 aliphatic rings. The van der Waals surface area contributed by atoms with Crippen molar-refractivity contribution in [2.24, 2.45) is 0 Å². The number of carbonyl (C=O) groups excluding carboxylic acids is 2. The summed E-state index contributed by atoms with van der Waals surface area (Å²) in [6.07, 6.45) is 8.73. The molecule has 88 heavy (non-hydrogen) atoms. The highest BCUT2D eigenvalue weighted by Crippen LogP contribution is 2.41. The van der Waals surface area contributed by atoms with Gasteiger partial charge in [-0.15, -0.1) is 0 Å². The number of sulfonamides is 2. The molecule has 0 bridgehead atoms. The van der Waals surface area contributed by atoms with Gasteiger partial charge in [-0.05, 0) is 135 Å². The van der Waals surface area contributed by atoms with Crippen LogP contribution in [0.4, 0.5) is 0 Å². The molecule has 4 aromatic rings. The number of hydrogen-bond donors (Lipinski definition) is 6. The number of nitrogens with zero attached hydrogens (tertiary/aromatic N) is 4. The fourth-order valence-corrected chi connectivity index (χ4v) is 13.7. The molecule has 4 atom stereocenters. The van der Waals surface area contributed by atoms with E-state index >= 15 is 0 Å². The SMILES string of the molecule is O=C(O)CN(CCN(CC(=O)O)CC(=O)NCCOCCOCCNS(=O)(=O)c1ccc(O[C@H]2c3ccccc3C[C@@H]2N2CCCCC2)cc1)CC(=O)NCCOCCOCCNS(=O)(=O)c1ccc(O[C@H]2c3ccccc3C[C@@H]2N2CCCCC2)cc1. The third-order valence-corrected chi connectivity index (χ3v) is 18.9. The summed E-state index contributed by atoms with van der Waals surface area (Å²) in [4.78, 5) is 56.7. The Hall–Kier alpha value is -6.14. The number of benzene rings is 4. The van der Waals surface area contributed by atoms with E-state index in [1.165, 1.54) is 94.8 Å². The number of carboxylic acids is 2. The molecule has 24 nitrogen and oxygen atoms in total. The Labute approximate surface area is 516 Å². The van der Waals surface area contributed by atoms with Crippen molar-refractivity contribution in [3.63, 3.8) is 0 Å². The first-order chi connectivity index (χ1) is 42.6. The Balaban J connectivity index is 0.632. The molecule has 2 fully saturated rings. The number of rotatable bonds is 39. The van der Waals surface area contributed by atoms with Crippen molar-refractivity contribution in [2.75, 3.05) is 144 Å². The van der Waals surface area contributed by atoms with Crippen LogP contribution in [-0.2, 0) is 71.0 Å². The average Bonchev–Trinajstić information content (AvgIpc) is 3.28. The zero-order valence-electron chi connectivity index (χ0n) is 50.0. The molecule has 482 valence electrons. The van der Waals surface area contributed by atoms with Gasteiger partial charge in [-0.3, -0.25) is 38.8 Å². The van der Waals surface area contributed by atoms with Gasteiger partial charge in [-0.25, -0.2) is 26.3 Å². The van der Waals surface area contributed by atoms with Crippen molar-refractivity contribution >= 4 is 43.8 Å². The van der Waals surface area contributed by atoms with Gasteiger partial charge in [0.15, 0.2) is 0 Å². The maximum absolute atomic E-state index is 13.0. The molecule has 2 heterocycles. The minimum atomic E-state index is -3.81. The van der Waals surface area contributed by atoms with Crippen LogP contribution in [0.1, 0.15) is 73.0 Å². The lowest BCUT2D eigenvalue weighted by Gasteiger charge is -2.35. The van der Waals surface area contributed by atoms with Crippen molar-refractivity contribution in [1.82, 2.24) is 39.7 Å². The Morgan fingerprint density at radius 3 is 1.17 bits per heavy atom. The number of aliphatic carboxylic acids is 2. The van der Waals surface area contributed by atoms with Crippen LogP contribution in [0.3, 0.4) is 0 Å². The van der Waals surface area contributed by atoms with E-state index in [9.17, 15) is 46.2 Å². The first kappa shape index (κ1) is 67.8. The smallest absolute Gasteiger partial charge is 0.317 e. The molecule has 2 aliphatic carbocycles. The molecular formula is C62H86N8O16S2. The lowest BCUT2D eigenvalue weighted by atomic mass is 10.0. The summed E-state index contributed by atoms with van der Waals surface area (Å²) in [6.45, 7) is 3.75. The van der Waals surface area contributed by atoms with Crippen LogP contribution in [0.5, 0.6) is 11.5 Å². The van der Waals surface area contributed by atoms with Crippen molar-refractivity contribution in [3.8, 4) is 11.5 Å². The molecule has 0 unspecified atom stereocenters. The predicted molar refractivity (Wildman–Crippen MR) is 326 cm³/mol. The largest absolute Gasteiger partial charge is 0.484 e. The van der Waals surface area contributed by atoms with Crippen molar-refractivity contribution < 1.29 is 74.6 Å². The predicted octanol–water partition coefficient (Wildman–Crippen LogP) is 3.08. The van der Waals surface area contributed by atoms with Gasteiger partial charge in [-0.2, -0.15) is 0 Å². The Morgan fingerprint density at radius 2 is 0.807 bits per heavy atom. The van der Waals surface area contributed by atoms with Crippen LogP contribution >= 0.6 is 0 Å².